The molecule has 6 nitrogen and oxygen atoms in total. The van der Waals surface area contributed by atoms with Gasteiger partial charge < -0.3 is 5.11 Å². The second-order valence-corrected chi connectivity index (χ2v) is 7.78. The third kappa shape index (κ3) is 3.98. The molecule has 1 fully saturated rings. The van der Waals surface area contributed by atoms with Crippen molar-refractivity contribution in [3.05, 3.63) is 29.3 Å². The number of carboxylic acids is 1. The Morgan fingerprint density at radius 2 is 2.05 bits per heavy atom. The van der Waals surface area contributed by atoms with Crippen LogP contribution in [0.5, 0.6) is 0 Å². The van der Waals surface area contributed by atoms with Crippen molar-refractivity contribution in [1.29, 1.82) is 0 Å². The first kappa shape index (κ1) is 17.2. The number of likely N-dealkylation sites (N-methyl/N-ethyl adjacent to an activating group) is 1. The van der Waals surface area contributed by atoms with Gasteiger partial charge in [-0.1, -0.05) is 17.7 Å². The van der Waals surface area contributed by atoms with Crippen LogP contribution < -0.4 is 0 Å². The number of rotatable bonds is 5. The van der Waals surface area contributed by atoms with Crippen LogP contribution in [0.25, 0.3) is 0 Å². The molecule has 0 saturated carbocycles. The first-order chi connectivity index (χ1) is 10.3. The molecule has 1 aromatic rings. The number of benzene rings is 1. The van der Waals surface area contributed by atoms with E-state index in [-0.39, 0.29) is 17.5 Å². The van der Waals surface area contributed by atoms with Crippen molar-refractivity contribution < 1.29 is 18.3 Å². The highest BCUT2D eigenvalue weighted by molar-refractivity contribution is 7.89. The molecule has 0 aromatic heterocycles. The Morgan fingerprint density at radius 3 is 2.59 bits per heavy atom. The number of hydrogen-bond acceptors (Lipinski definition) is 4. The van der Waals surface area contributed by atoms with Crippen molar-refractivity contribution >= 4 is 27.6 Å². The number of nitrogens with zero attached hydrogens (tertiary/aromatic N) is 2. The molecular weight excluding hydrogens is 328 g/mol. The zero-order valence-corrected chi connectivity index (χ0v) is 13.8. The summed E-state index contributed by atoms with van der Waals surface area (Å²) in [6.45, 7) is 0.721. The summed E-state index contributed by atoms with van der Waals surface area (Å²) in [7, 11) is -1.79. The second kappa shape index (κ2) is 6.95. The molecule has 1 aliphatic rings. The number of halogens is 1. The molecule has 0 aliphatic carbocycles. The number of carbonyl (C=O) groups is 1. The first-order valence-corrected chi connectivity index (χ1v) is 8.80. The van der Waals surface area contributed by atoms with Gasteiger partial charge in [-0.3, -0.25) is 9.69 Å². The molecule has 0 unspecified atom stereocenters. The van der Waals surface area contributed by atoms with Gasteiger partial charge in [-0.05, 0) is 38.1 Å². The van der Waals surface area contributed by atoms with Gasteiger partial charge in [0.1, 0.15) is 0 Å². The molecule has 1 aliphatic heterocycles. The van der Waals surface area contributed by atoms with Crippen LogP contribution in [0, 0.1) is 0 Å². The zero-order valence-electron chi connectivity index (χ0n) is 12.3. The largest absolute Gasteiger partial charge is 0.480 e. The lowest BCUT2D eigenvalue weighted by atomic mass is 10.1. The van der Waals surface area contributed by atoms with Crippen LogP contribution in [0.4, 0.5) is 0 Å². The molecule has 1 N–H and O–H groups in total. The summed E-state index contributed by atoms with van der Waals surface area (Å²) in [6.07, 6.45) is 1.23. The van der Waals surface area contributed by atoms with Crippen molar-refractivity contribution in [3.8, 4) is 0 Å². The first-order valence-electron chi connectivity index (χ1n) is 6.98. The van der Waals surface area contributed by atoms with E-state index in [1.54, 1.807) is 24.1 Å². The highest BCUT2D eigenvalue weighted by Crippen LogP contribution is 2.24. The van der Waals surface area contributed by atoms with E-state index < -0.39 is 16.0 Å². The maximum atomic E-state index is 12.6. The predicted molar refractivity (Wildman–Crippen MR) is 83.5 cm³/mol. The molecule has 1 saturated heterocycles. The van der Waals surface area contributed by atoms with Crippen LogP contribution in [0.1, 0.15) is 12.8 Å². The second-order valence-electron chi connectivity index (χ2n) is 5.40. The number of aliphatic carboxylic acids is 1. The summed E-state index contributed by atoms with van der Waals surface area (Å²) in [5.74, 6) is -0.878. The summed E-state index contributed by atoms with van der Waals surface area (Å²) in [4.78, 5) is 12.7. The van der Waals surface area contributed by atoms with E-state index in [2.05, 4.69) is 0 Å². The normalized spacial score (nSPS) is 17.8. The smallest absolute Gasteiger partial charge is 0.317 e. The van der Waals surface area contributed by atoms with Gasteiger partial charge in [0.2, 0.25) is 10.0 Å². The maximum Gasteiger partial charge on any atom is 0.317 e. The van der Waals surface area contributed by atoms with Crippen LogP contribution in [0.15, 0.2) is 29.2 Å². The standard InChI is InChI=1S/C14H19ClN2O4S/c1-16(10-14(18)19)12-5-7-17(8-6-12)22(20,21)13-4-2-3-11(15)9-13/h2-4,9,12H,5-8,10H2,1H3,(H,18,19). The Bertz CT molecular complexity index is 642. The van der Waals surface area contributed by atoms with Gasteiger partial charge in [-0.25, -0.2) is 8.42 Å². The monoisotopic (exact) mass is 346 g/mol. The summed E-state index contributed by atoms with van der Waals surface area (Å²) in [5.41, 5.74) is 0. The van der Waals surface area contributed by atoms with Gasteiger partial charge >= 0.3 is 5.97 Å². The summed E-state index contributed by atoms with van der Waals surface area (Å²) >= 11 is 5.86. The van der Waals surface area contributed by atoms with Crippen LogP contribution >= 0.6 is 11.6 Å². The van der Waals surface area contributed by atoms with Crippen molar-refractivity contribution in [2.75, 3.05) is 26.7 Å². The number of piperidine rings is 1. The van der Waals surface area contributed by atoms with E-state index in [1.807, 2.05) is 0 Å². The topological polar surface area (TPSA) is 77.9 Å². The van der Waals surface area contributed by atoms with Crippen LogP contribution in [-0.2, 0) is 14.8 Å². The highest BCUT2D eigenvalue weighted by Gasteiger charge is 2.31. The SMILES string of the molecule is CN(CC(=O)O)C1CCN(S(=O)(=O)c2cccc(Cl)c2)CC1. The lowest BCUT2D eigenvalue weighted by Gasteiger charge is -2.35. The zero-order chi connectivity index (χ0) is 16.3. The highest BCUT2D eigenvalue weighted by atomic mass is 35.5. The fourth-order valence-corrected chi connectivity index (χ4v) is 4.41. The molecule has 0 spiro atoms. The van der Waals surface area contributed by atoms with Gasteiger partial charge in [0, 0.05) is 24.2 Å². The minimum atomic E-state index is -3.54. The van der Waals surface area contributed by atoms with Crippen LogP contribution in [-0.4, -0.2) is 61.4 Å². The van der Waals surface area contributed by atoms with Gasteiger partial charge in [0.25, 0.3) is 0 Å². The molecule has 0 amide bonds. The minimum Gasteiger partial charge on any atom is -0.480 e. The average Bonchev–Trinajstić information content (AvgIpc) is 2.46. The maximum absolute atomic E-state index is 12.6. The number of sulfonamides is 1. The molecule has 22 heavy (non-hydrogen) atoms. The average molecular weight is 347 g/mol. The fourth-order valence-electron chi connectivity index (χ4n) is 2.64. The van der Waals surface area contributed by atoms with E-state index >= 15 is 0 Å². The van der Waals surface area contributed by atoms with Crippen molar-refractivity contribution in [1.82, 2.24) is 9.21 Å². The predicted octanol–water partition coefficient (Wildman–Crippen LogP) is 1.51. The molecule has 2 rings (SSSR count). The summed E-state index contributed by atoms with van der Waals surface area (Å²) in [5, 5.41) is 9.20. The Labute approximate surface area is 135 Å². The van der Waals surface area contributed by atoms with Crippen LogP contribution in [0.2, 0.25) is 5.02 Å². The van der Waals surface area contributed by atoms with Crippen LogP contribution in [0.3, 0.4) is 0 Å². The molecule has 1 aromatic carbocycles. The third-order valence-electron chi connectivity index (χ3n) is 3.87. The molecule has 0 bridgehead atoms. The number of hydrogen-bond donors (Lipinski definition) is 1. The van der Waals surface area contributed by atoms with Gasteiger partial charge in [0.05, 0.1) is 11.4 Å². The lowest BCUT2D eigenvalue weighted by Crippen LogP contribution is -2.46. The summed E-state index contributed by atoms with van der Waals surface area (Å²) in [6, 6.07) is 6.31. The molecule has 8 heteroatoms. The van der Waals surface area contributed by atoms with Crippen molar-refractivity contribution in [3.63, 3.8) is 0 Å². The lowest BCUT2D eigenvalue weighted by molar-refractivity contribution is -0.138. The van der Waals surface area contributed by atoms with Gasteiger partial charge in [-0.15, -0.1) is 0 Å². The summed E-state index contributed by atoms with van der Waals surface area (Å²) < 4.78 is 26.5. The van der Waals surface area contributed by atoms with E-state index in [0.717, 1.165) is 0 Å². The van der Waals surface area contributed by atoms with E-state index in [1.165, 1.54) is 16.4 Å². The Balaban J connectivity index is 2.03. The molecule has 122 valence electrons. The van der Waals surface area contributed by atoms with Gasteiger partial charge in [0.15, 0.2) is 0 Å². The molecule has 0 atom stereocenters. The Kier molecular flexibility index (Phi) is 5.44. The molecule has 1 heterocycles. The quantitative estimate of drug-likeness (QED) is 0.874. The Morgan fingerprint density at radius 1 is 1.41 bits per heavy atom. The van der Waals surface area contributed by atoms with Crippen molar-refractivity contribution in [2.24, 2.45) is 0 Å². The third-order valence-corrected chi connectivity index (χ3v) is 6.00. The van der Waals surface area contributed by atoms with Gasteiger partial charge in [-0.2, -0.15) is 4.31 Å². The number of carboxylic acid groups (broad SMARTS) is 1. The molecular formula is C14H19ClN2O4S. The Hall–Kier alpha value is -1.15. The molecule has 0 radical (unpaired) electrons. The van der Waals surface area contributed by atoms with E-state index in [9.17, 15) is 13.2 Å². The fraction of sp³-hybridized carbons (Fsp3) is 0.500. The van der Waals surface area contributed by atoms with E-state index in [0.29, 0.717) is 31.0 Å². The van der Waals surface area contributed by atoms with Crippen molar-refractivity contribution in [2.45, 2.75) is 23.8 Å². The minimum absolute atomic E-state index is 0.0360. The van der Waals surface area contributed by atoms with E-state index in [4.69, 9.17) is 16.7 Å².